The van der Waals surface area contributed by atoms with Gasteiger partial charge in [0.1, 0.15) is 5.82 Å². The molecule has 24 rings (SSSR count). The first-order valence-electron chi connectivity index (χ1n) is 46.8. The average molecular weight is 1740 g/mol. The van der Waals surface area contributed by atoms with Crippen LogP contribution in [0.3, 0.4) is 0 Å². The molecule has 0 bridgehead atoms. The van der Waals surface area contributed by atoms with E-state index in [1.807, 2.05) is 24.5 Å². The lowest BCUT2D eigenvalue weighted by molar-refractivity contribution is 0.580. The zero-order valence-corrected chi connectivity index (χ0v) is 78.4. The van der Waals surface area contributed by atoms with Crippen molar-refractivity contribution in [3.05, 3.63) is 473 Å². The summed E-state index contributed by atoms with van der Waals surface area (Å²) in [5.41, 5.74) is 41.3. The summed E-state index contributed by atoms with van der Waals surface area (Å²) in [6, 6.07) is 133. The van der Waals surface area contributed by atoms with Gasteiger partial charge < -0.3 is 24.5 Å². The first-order chi connectivity index (χ1) is 64.8. The highest BCUT2D eigenvalue weighted by Gasteiger charge is 2.51. The normalized spacial score (nSPS) is 15.1. The SMILES string of the molecule is CC1(C)c2cc(-c3nc(-c4ccccc4)cc(-c4ccccc4)n3)ccc2N2c3ncccc3C(C)(C)c3cccc1c32.CC1(C)c2cc(N(c3ccccc3)c3ccccc3)ccc2N2c3ccc(N(c4ccccc4)c4ccccc4)cc3C(C)(C)c3cncc1c32.Cc1ccc(N(c2ccc(C)cc2)c2ccc3c(c2)C(C)(C)c2nccc4c2N3c2ccccc2C4(C)C)cc1. The molecule has 0 atom stereocenters. The van der Waals surface area contributed by atoms with Gasteiger partial charge in [-0.15, -0.1) is 0 Å². The van der Waals surface area contributed by atoms with Crippen LogP contribution in [0.4, 0.5) is 103 Å². The van der Waals surface area contributed by atoms with E-state index < -0.39 is 0 Å². The van der Waals surface area contributed by atoms with Gasteiger partial charge in [-0.25, -0.2) is 15.0 Å². The quantitative estimate of drug-likeness (QED) is 0.117. The maximum Gasteiger partial charge on any atom is 0.160 e. The highest BCUT2D eigenvalue weighted by Crippen LogP contribution is 2.65. The Kier molecular flexibility index (Phi) is 20.2. The molecule has 0 radical (unpaired) electrons. The Labute approximate surface area is 787 Å². The van der Waals surface area contributed by atoms with Crippen LogP contribution in [-0.4, -0.2) is 24.9 Å². The summed E-state index contributed by atoms with van der Waals surface area (Å²) in [4.78, 5) is 39.6. The van der Waals surface area contributed by atoms with Gasteiger partial charge >= 0.3 is 0 Å². The number of rotatable bonds is 12. The Balaban J connectivity index is 0.000000118. The Bertz CT molecular complexity index is 7230. The summed E-state index contributed by atoms with van der Waals surface area (Å²) in [5.74, 6) is 1.72. The number of para-hydroxylation sites is 6. The summed E-state index contributed by atoms with van der Waals surface area (Å²) in [7, 11) is 0. The van der Waals surface area contributed by atoms with Crippen LogP contribution in [0.25, 0.3) is 33.9 Å². The number of nitrogens with zero attached hydrogens (tertiary/aromatic N) is 11. The molecule has 0 N–H and O–H groups in total. The maximum absolute atomic E-state index is 5.12. The summed E-state index contributed by atoms with van der Waals surface area (Å²) in [5, 5.41) is 0. The molecule has 0 amide bonds. The molecule has 4 aromatic heterocycles. The van der Waals surface area contributed by atoms with Gasteiger partial charge in [0.25, 0.3) is 0 Å². The van der Waals surface area contributed by atoms with Crippen molar-refractivity contribution in [1.82, 2.24) is 24.9 Å². The first kappa shape index (κ1) is 84.0. The monoisotopic (exact) mass is 1740 g/mol. The van der Waals surface area contributed by atoms with Crippen LogP contribution in [0.1, 0.15) is 161 Å². The highest BCUT2D eigenvalue weighted by molar-refractivity contribution is 5.98. The van der Waals surface area contributed by atoms with Crippen molar-refractivity contribution >= 4 is 103 Å². The molecule has 654 valence electrons. The Hall–Kier alpha value is -15.6. The number of aryl methyl sites for hydroxylation is 2. The molecule has 10 heterocycles. The van der Waals surface area contributed by atoms with Crippen molar-refractivity contribution < 1.29 is 0 Å². The lowest BCUT2D eigenvalue weighted by atomic mass is 9.67. The predicted octanol–water partition coefficient (Wildman–Crippen LogP) is 32.3. The fourth-order valence-electron chi connectivity index (χ4n) is 21.8. The topological polar surface area (TPSA) is 83.9 Å². The molecule has 0 saturated heterocycles. The van der Waals surface area contributed by atoms with Crippen LogP contribution in [-0.2, 0) is 32.5 Å². The first-order valence-corrected chi connectivity index (χ1v) is 46.8. The maximum atomic E-state index is 5.12. The molecule has 6 aliphatic heterocycles. The molecule has 0 unspecified atom stereocenters. The zero-order chi connectivity index (χ0) is 91.9. The van der Waals surface area contributed by atoms with E-state index in [1.54, 1.807) is 0 Å². The molecule has 0 saturated carbocycles. The van der Waals surface area contributed by atoms with E-state index in [2.05, 4.69) is 497 Å². The van der Waals surface area contributed by atoms with Crippen molar-refractivity contribution in [2.75, 3.05) is 29.4 Å². The van der Waals surface area contributed by atoms with Crippen molar-refractivity contribution in [2.24, 2.45) is 0 Å². The van der Waals surface area contributed by atoms with Crippen molar-refractivity contribution in [3.63, 3.8) is 0 Å². The number of benzene rings is 14. The third kappa shape index (κ3) is 13.7. The van der Waals surface area contributed by atoms with Gasteiger partial charge in [-0.2, -0.15) is 0 Å². The van der Waals surface area contributed by atoms with E-state index in [9.17, 15) is 0 Å². The molecule has 11 nitrogen and oxygen atoms in total. The molecule has 18 aromatic rings. The molecular weight excluding hydrogens is 1630 g/mol. The molecule has 14 aromatic carbocycles. The van der Waals surface area contributed by atoms with E-state index in [0.29, 0.717) is 0 Å². The standard InChI is InChI=1S/C47H40N4.C39H32N4.C37H35N3/c1-46(2)39-29-37(49(33-17-9-5-10-18-33)34-19-11-6-12-20-34)25-27-43(39)51-44-28-26-38(30-40(44)47(3,4)42-32-48-31-41(46)45(42)51)50(35-21-13-7-14-22-35)36-23-15-8-16-24-36;1-38(2)28-17-11-18-29-35(28)43(37-30(38)19-12-22-40-37)34-21-20-27(23-31(34)39(29,3)4)36-41-32(25-13-7-5-8-14-25)24-33(42-36)26-15-9-6-10-16-26;1-24-11-15-26(16-12-24)39(27-17-13-25(2)14-18-27)28-19-20-33-31(23-28)37(5,6)35-34-30(21-22-38-35)36(3,4)29-9-7-8-10-32(29)40(33)34/h5-32H,1-4H3;5-24H,1-4H3;7-23H,1-6H3. The van der Waals surface area contributed by atoms with Crippen LogP contribution in [0.5, 0.6) is 0 Å². The number of fused-ring (bicyclic) bond motifs is 12. The fourth-order valence-corrected chi connectivity index (χ4v) is 21.8. The van der Waals surface area contributed by atoms with Gasteiger partial charge in [-0.1, -0.05) is 281 Å². The van der Waals surface area contributed by atoms with Gasteiger partial charge in [0.05, 0.1) is 62.6 Å². The lowest BCUT2D eigenvalue weighted by Crippen LogP contribution is -2.38. The number of hydrogen-bond acceptors (Lipinski definition) is 11. The highest BCUT2D eigenvalue weighted by atomic mass is 15.2. The Morgan fingerprint density at radius 1 is 0.224 bits per heavy atom. The van der Waals surface area contributed by atoms with E-state index in [0.717, 1.165) is 102 Å². The minimum Gasteiger partial charge on any atom is -0.310 e. The second-order valence-electron chi connectivity index (χ2n) is 39.5. The molecule has 0 fully saturated rings. The minimum atomic E-state index is -0.288. The van der Waals surface area contributed by atoms with Gasteiger partial charge in [0.2, 0.25) is 0 Å². The van der Waals surface area contributed by atoms with Crippen LogP contribution in [0.2, 0.25) is 0 Å². The van der Waals surface area contributed by atoms with E-state index in [4.69, 9.17) is 24.9 Å². The van der Waals surface area contributed by atoms with Gasteiger partial charge in [-0.05, 0) is 242 Å². The smallest absolute Gasteiger partial charge is 0.160 e. The third-order valence-corrected chi connectivity index (χ3v) is 29.1. The molecule has 0 aliphatic carbocycles. The van der Waals surface area contributed by atoms with Crippen molar-refractivity contribution in [2.45, 2.75) is 129 Å². The minimum absolute atomic E-state index is 0.110. The molecule has 6 aliphatic rings. The molecule has 11 heteroatoms. The van der Waals surface area contributed by atoms with E-state index >= 15 is 0 Å². The second-order valence-corrected chi connectivity index (χ2v) is 39.5. The Morgan fingerprint density at radius 3 is 1.03 bits per heavy atom. The lowest BCUT2D eigenvalue weighted by Gasteiger charge is -2.49. The summed E-state index contributed by atoms with van der Waals surface area (Å²) in [6.07, 6.45) is 8.10. The third-order valence-electron chi connectivity index (χ3n) is 29.1. The predicted molar refractivity (Wildman–Crippen MR) is 555 cm³/mol. The molecular formula is C123H107N11. The largest absolute Gasteiger partial charge is 0.310 e. The van der Waals surface area contributed by atoms with Crippen LogP contribution in [0, 0.1) is 13.8 Å². The molecule has 0 spiro atoms. The van der Waals surface area contributed by atoms with Crippen LogP contribution < -0.4 is 29.4 Å². The van der Waals surface area contributed by atoms with Crippen LogP contribution >= 0.6 is 0 Å². The van der Waals surface area contributed by atoms with Gasteiger partial charge in [0, 0.05) is 142 Å². The zero-order valence-electron chi connectivity index (χ0n) is 78.4. The van der Waals surface area contributed by atoms with Gasteiger partial charge in [-0.3, -0.25) is 14.9 Å². The summed E-state index contributed by atoms with van der Waals surface area (Å²) >= 11 is 0. The van der Waals surface area contributed by atoms with E-state index in [-0.39, 0.29) is 32.5 Å². The van der Waals surface area contributed by atoms with Crippen molar-refractivity contribution in [3.8, 4) is 33.9 Å². The number of pyridine rings is 3. The number of anilines is 18. The van der Waals surface area contributed by atoms with Crippen molar-refractivity contribution in [1.29, 1.82) is 0 Å². The number of aromatic nitrogens is 5. The van der Waals surface area contributed by atoms with Gasteiger partial charge in [0.15, 0.2) is 5.82 Å². The number of hydrogen-bond donors (Lipinski definition) is 0. The summed E-state index contributed by atoms with van der Waals surface area (Å²) in [6.45, 7) is 32.3. The van der Waals surface area contributed by atoms with E-state index in [1.165, 1.54) is 112 Å². The molecule has 134 heavy (non-hydrogen) atoms. The second kappa shape index (κ2) is 32.2. The van der Waals surface area contributed by atoms with Crippen LogP contribution in [0.15, 0.2) is 395 Å². The summed E-state index contributed by atoms with van der Waals surface area (Å²) < 4.78 is 0. The fraction of sp³-hybridized carbons (Fsp3) is 0.163. The average Bonchev–Trinajstić information content (AvgIpc) is 0.695. The Morgan fingerprint density at radius 2 is 0.560 bits per heavy atom.